The quantitative estimate of drug-likeness (QED) is 0.0958. The number of thiophene rings is 2. The molecule has 51 heavy (non-hydrogen) atoms. The van der Waals surface area contributed by atoms with E-state index in [-0.39, 0.29) is 0 Å². The van der Waals surface area contributed by atoms with Crippen molar-refractivity contribution in [3.63, 3.8) is 0 Å². The average molecular weight is 751 g/mol. The second-order valence-corrected chi connectivity index (χ2v) is 20.1. The van der Waals surface area contributed by atoms with Gasteiger partial charge in [-0.05, 0) is 97.7 Å². The average Bonchev–Trinajstić information content (AvgIpc) is 3.89. The van der Waals surface area contributed by atoms with Gasteiger partial charge < -0.3 is 4.72 Å². The number of thioether (sulfide) groups is 1. The van der Waals surface area contributed by atoms with Crippen molar-refractivity contribution in [2.24, 2.45) is 28.7 Å². The first-order valence-corrected chi connectivity index (χ1v) is 22.6. The molecule has 1 N–H and O–H groups in total. The minimum atomic E-state index is 0.770. The molecule has 4 heterocycles. The molecule has 0 bridgehead atoms. The smallest absolute Gasteiger partial charge is 0.109 e. The zero-order valence-corrected chi connectivity index (χ0v) is 34.6. The molecule has 2 aliphatic rings. The molecular formula is C45H54N2S4. The molecule has 0 saturated carbocycles. The van der Waals surface area contributed by atoms with Crippen LogP contribution in [0, 0.1) is 23.7 Å². The van der Waals surface area contributed by atoms with Crippen molar-refractivity contribution in [1.29, 1.82) is 0 Å². The van der Waals surface area contributed by atoms with Crippen molar-refractivity contribution in [1.82, 2.24) is 0 Å². The monoisotopic (exact) mass is 750 g/mol. The van der Waals surface area contributed by atoms with E-state index in [1.807, 2.05) is 34.4 Å². The summed E-state index contributed by atoms with van der Waals surface area (Å²) in [6.07, 6.45) is 12.9. The molecule has 0 radical (unpaired) electrons. The van der Waals surface area contributed by atoms with E-state index in [4.69, 9.17) is 4.99 Å². The van der Waals surface area contributed by atoms with Crippen LogP contribution in [0.4, 0.5) is 11.4 Å². The highest BCUT2D eigenvalue weighted by Crippen LogP contribution is 2.58. The summed E-state index contributed by atoms with van der Waals surface area (Å²) in [5.74, 6) is 3.16. The van der Waals surface area contributed by atoms with Crippen LogP contribution in [0.5, 0.6) is 0 Å². The minimum absolute atomic E-state index is 0.770. The van der Waals surface area contributed by atoms with Crippen LogP contribution in [0.25, 0.3) is 31.7 Å². The Bertz CT molecular complexity index is 1980. The van der Waals surface area contributed by atoms with Gasteiger partial charge in [-0.25, -0.2) is 4.99 Å². The standard InChI is InChI=1S/C45H54N2S4/c1-28(2)12-10-14-30(5)18-20-33-22-24-37(48-33)35-27-40-42-41-39(50-45(46-43(35)41)32-16-8-7-9-17-32)26-36(44(42)47-51-40)38-25-23-34(49-38)21-19-31(6)15-11-13-29(3)4/h7-9,16-17,22-31,47H,10-15,18-21H2,1-6H3. The highest BCUT2D eigenvalue weighted by molar-refractivity contribution is 8.14. The molecule has 0 aliphatic carbocycles. The lowest BCUT2D eigenvalue weighted by molar-refractivity contribution is 0.437. The maximum Gasteiger partial charge on any atom is 0.109 e. The van der Waals surface area contributed by atoms with E-state index in [9.17, 15) is 0 Å². The number of hydrogen-bond acceptors (Lipinski definition) is 6. The molecule has 2 nitrogen and oxygen atoms in total. The first kappa shape index (κ1) is 36.8. The van der Waals surface area contributed by atoms with Crippen molar-refractivity contribution in [2.75, 3.05) is 4.72 Å². The molecule has 7 rings (SSSR count). The number of benzene rings is 3. The number of aliphatic imine (C=N–C) groups is 1. The third kappa shape index (κ3) is 8.67. The molecular weight excluding hydrogens is 697 g/mol. The summed E-state index contributed by atoms with van der Waals surface area (Å²) in [6.45, 7) is 14.2. The zero-order chi connectivity index (χ0) is 35.5. The van der Waals surface area contributed by atoms with Gasteiger partial charge in [-0.2, -0.15) is 0 Å². The molecule has 0 amide bonds. The molecule has 2 atom stereocenters. The van der Waals surface area contributed by atoms with E-state index in [2.05, 4.69) is 113 Å². The Morgan fingerprint density at radius 3 is 1.80 bits per heavy atom. The Morgan fingerprint density at radius 2 is 1.20 bits per heavy atom. The summed E-state index contributed by atoms with van der Waals surface area (Å²) in [5, 5.41) is 3.74. The third-order valence-corrected chi connectivity index (χ3v) is 14.9. The largest absolute Gasteiger partial charge is 0.324 e. The van der Waals surface area contributed by atoms with Crippen LogP contribution in [0.3, 0.4) is 0 Å². The molecule has 2 unspecified atom stereocenters. The maximum absolute atomic E-state index is 5.48. The van der Waals surface area contributed by atoms with E-state index in [0.29, 0.717) is 0 Å². The SMILES string of the molecule is CC(C)CCCC(C)CCc1ccc(-c2cc3c4c(c(-c5ccc(CCC(C)CCCC(C)C)s5)cc5c4c2N=C(c2ccccc2)S5)NS3)s1. The Balaban J connectivity index is 1.19. The molecule has 0 spiro atoms. The number of rotatable bonds is 17. The summed E-state index contributed by atoms with van der Waals surface area (Å²) in [5.41, 5.74) is 6.17. The first-order valence-electron chi connectivity index (χ1n) is 19.3. The molecule has 3 aromatic carbocycles. The summed E-state index contributed by atoms with van der Waals surface area (Å²) >= 11 is 7.56. The topological polar surface area (TPSA) is 24.4 Å². The predicted octanol–water partition coefficient (Wildman–Crippen LogP) is 15.7. The second-order valence-electron chi connectivity index (χ2n) is 15.9. The Labute approximate surface area is 323 Å². The molecule has 2 aromatic heterocycles. The van der Waals surface area contributed by atoms with Gasteiger partial charge in [0.1, 0.15) is 5.04 Å². The molecule has 5 aromatic rings. The lowest BCUT2D eigenvalue weighted by Crippen LogP contribution is -2.01. The summed E-state index contributed by atoms with van der Waals surface area (Å²) in [4.78, 5) is 13.8. The normalized spacial score (nSPS) is 14.8. The number of hydrogen-bond donors (Lipinski definition) is 1. The van der Waals surface area contributed by atoms with Crippen LogP contribution in [-0.4, -0.2) is 5.04 Å². The zero-order valence-electron chi connectivity index (χ0n) is 31.3. The second kappa shape index (κ2) is 16.7. The van der Waals surface area contributed by atoms with Crippen LogP contribution < -0.4 is 4.72 Å². The number of nitrogens with zero attached hydrogens (tertiary/aromatic N) is 1. The van der Waals surface area contributed by atoms with Crippen LogP contribution >= 0.6 is 46.4 Å². The highest BCUT2D eigenvalue weighted by Gasteiger charge is 2.30. The fourth-order valence-electron chi connectivity index (χ4n) is 7.48. The van der Waals surface area contributed by atoms with Gasteiger partial charge in [-0.3, -0.25) is 0 Å². The molecule has 268 valence electrons. The Kier molecular flexibility index (Phi) is 12.0. The highest BCUT2D eigenvalue weighted by atomic mass is 32.2. The predicted molar refractivity (Wildman–Crippen MR) is 231 cm³/mol. The van der Waals surface area contributed by atoms with Gasteiger partial charge in [-0.15, -0.1) is 22.7 Å². The lowest BCUT2D eigenvalue weighted by atomic mass is 9.96. The summed E-state index contributed by atoms with van der Waals surface area (Å²) in [6, 6.07) is 25.1. The van der Waals surface area contributed by atoms with Crippen LogP contribution in [0.15, 0.2) is 81.5 Å². The van der Waals surface area contributed by atoms with E-state index in [0.717, 1.165) is 40.8 Å². The fourth-order valence-corrected chi connectivity index (χ4v) is 11.5. The van der Waals surface area contributed by atoms with Gasteiger partial charge in [0, 0.05) is 56.8 Å². The van der Waals surface area contributed by atoms with Gasteiger partial charge in [0.2, 0.25) is 0 Å². The fraction of sp³-hybridized carbons (Fsp3) is 0.444. The minimum Gasteiger partial charge on any atom is -0.324 e. The van der Waals surface area contributed by atoms with Crippen LogP contribution in [-0.2, 0) is 12.8 Å². The number of aryl methyl sites for hydroxylation is 2. The molecule has 6 heteroatoms. The van der Waals surface area contributed by atoms with Crippen LogP contribution in [0.1, 0.15) is 108 Å². The van der Waals surface area contributed by atoms with E-state index in [1.165, 1.54) is 120 Å². The first-order chi connectivity index (χ1) is 24.7. The Hall–Kier alpha value is -2.51. The van der Waals surface area contributed by atoms with Crippen molar-refractivity contribution >= 4 is 73.6 Å². The van der Waals surface area contributed by atoms with Gasteiger partial charge in [0.15, 0.2) is 0 Å². The number of anilines is 1. The molecule has 2 aliphatic heterocycles. The van der Waals surface area contributed by atoms with Crippen molar-refractivity contribution in [3.8, 4) is 20.9 Å². The molecule has 0 saturated heterocycles. The van der Waals surface area contributed by atoms with Gasteiger partial charge in [0.25, 0.3) is 0 Å². The van der Waals surface area contributed by atoms with Gasteiger partial charge in [-0.1, -0.05) is 122 Å². The Morgan fingerprint density at radius 1 is 0.608 bits per heavy atom. The van der Waals surface area contributed by atoms with Crippen LogP contribution in [0.2, 0.25) is 0 Å². The van der Waals surface area contributed by atoms with E-state index >= 15 is 0 Å². The summed E-state index contributed by atoms with van der Waals surface area (Å²) in [7, 11) is 0. The van der Waals surface area contributed by atoms with E-state index < -0.39 is 0 Å². The number of nitrogens with one attached hydrogen (secondary N) is 1. The van der Waals surface area contributed by atoms with Crippen molar-refractivity contribution in [2.45, 2.75) is 116 Å². The summed E-state index contributed by atoms with van der Waals surface area (Å²) < 4.78 is 3.79. The van der Waals surface area contributed by atoms with Crippen molar-refractivity contribution < 1.29 is 0 Å². The third-order valence-electron chi connectivity index (χ3n) is 10.6. The molecule has 0 fully saturated rings. The van der Waals surface area contributed by atoms with Gasteiger partial charge in [0.05, 0.1) is 11.4 Å². The van der Waals surface area contributed by atoms with Gasteiger partial charge >= 0.3 is 0 Å². The van der Waals surface area contributed by atoms with E-state index in [1.54, 1.807) is 11.9 Å². The maximum atomic E-state index is 5.48. The van der Waals surface area contributed by atoms with Crippen molar-refractivity contribution in [3.05, 3.63) is 82.0 Å². The lowest BCUT2D eigenvalue weighted by Gasteiger charge is -2.21.